The summed E-state index contributed by atoms with van der Waals surface area (Å²) in [4.78, 5) is 16.6. The van der Waals surface area contributed by atoms with E-state index in [9.17, 15) is 9.18 Å². The van der Waals surface area contributed by atoms with Crippen molar-refractivity contribution in [3.63, 3.8) is 0 Å². The van der Waals surface area contributed by atoms with Crippen LogP contribution in [0.15, 0.2) is 22.5 Å². The number of thioether (sulfide) groups is 1. The molecule has 1 heterocycles. The molecule has 106 valence electrons. The second kappa shape index (κ2) is 6.23. The monoisotopic (exact) mass is 311 g/mol. The van der Waals surface area contributed by atoms with E-state index in [1.807, 2.05) is 6.92 Å². The molecule has 0 aliphatic carbocycles. The zero-order valence-electron chi connectivity index (χ0n) is 11.1. The predicted molar refractivity (Wildman–Crippen MR) is 82.0 cm³/mol. The minimum absolute atomic E-state index is 0.176. The minimum atomic E-state index is -0.468. The lowest BCUT2D eigenvalue weighted by Gasteiger charge is -2.08. The Balaban J connectivity index is 2.24. The Morgan fingerprint density at radius 3 is 2.95 bits per heavy atom. The van der Waals surface area contributed by atoms with Crippen LogP contribution in [0.1, 0.15) is 22.2 Å². The highest BCUT2D eigenvalue weighted by atomic mass is 32.2. The zero-order chi connectivity index (χ0) is 14.7. The summed E-state index contributed by atoms with van der Waals surface area (Å²) < 4.78 is 14.4. The van der Waals surface area contributed by atoms with Crippen molar-refractivity contribution in [2.75, 3.05) is 16.8 Å². The first kappa shape index (κ1) is 14.8. The average molecular weight is 311 g/mol. The number of nitrogens with two attached hydrogens (primary N) is 1. The molecule has 0 spiro atoms. The molecule has 20 heavy (non-hydrogen) atoms. The van der Waals surface area contributed by atoms with Gasteiger partial charge in [0.05, 0.1) is 5.69 Å². The molecule has 0 atom stereocenters. The van der Waals surface area contributed by atoms with E-state index in [0.717, 1.165) is 10.1 Å². The lowest BCUT2D eigenvalue weighted by molar-refractivity contribution is 0.103. The summed E-state index contributed by atoms with van der Waals surface area (Å²) >= 11 is 2.73. The van der Waals surface area contributed by atoms with Crippen LogP contribution in [0.4, 0.5) is 15.9 Å². The molecule has 0 aliphatic rings. The summed E-state index contributed by atoms with van der Waals surface area (Å²) in [5.74, 6) is 0.124. The normalized spacial score (nSPS) is 10.6. The number of rotatable bonds is 4. The van der Waals surface area contributed by atoms with Gasteiger partial charge in [0.15, 0.2) is 4.34 Å². The van der Waals surface area contributed by atoms with Gasteiger partial charge in [0, 0.05) is 0 Å². The third kappa shape index (κ3) is 3.10. The summed E-state index contributed by atoms with van der Waals surface area (Å²) in [6.07, 6.45) is 0. The van der Waals surface area contributed by atoms with Gasteiger partial charge < -0.3 is 11.1 Å². The summed E-state index contributed by atoms with van der Waals surface area (Å²) in [5.41, 5.74) is 6.57. The molecule has 1 aromatic heterocycles. The lowest BCUT2D eigenvalue weighted by Crippen LogP contribution is -2.14. The number of nitrogen functional groups attached to an aromatic ring is 1. The fourth-order valence-electron chi connectivity index (χ4n) is 1.62. The topological polar surface area (TPSA) is 68.0 Å². The van der Waals surface area contributed by atoms with Crippen LogP contribution in [-0.4, -0.2) is 16.6 Å². The molecule has 0 bridgehead atoms. The molecule has 0 unspecified atom stereocenters. The van der Waals surface area contributed by atoms with Crippen LogP contribution in [0.5, 0.6) is 0 Å². The number of carbonyl (C=O) groups is 1. The van der Waals surface area contributed by atoms with Crippen molar-refractivity contribution >= 4 is 40.5 Å². The Morgan fingerprint density at radius 2 is 2.30 bits per heavy atom. The first-order valence-corrected chi connectivity index (χ1v) is 7.78. The van der Waals surface area contributed by atoms with Gasteiger partial charge in [-0.3, -0.25) is 4.79 Å². The van der Waals surface area contributed by atoms with E-state index < -0.39 is 11.7 Å². The van der Waals surface area contributed by atoms with Crippen molar-refractivity contribution in [2.45, 2.75) is 18.2 Å². The highest BCUT2D eigenvalue weighted by molar-refractivity contribution is 8.01. The zero-order valence-corrected chi connectivity index (χ0v) is 12.7. The summed E-state index contributed by atoms with van der Waals surface area (Å²) in [7, 11) is 0. The number of aryl methyl sites for hydroxylation is 1. The van der Waals surface area contributed by atoms with Gasteiger partial charge in [-0.1, -0.05) is 30.8 Å². The molecule has 4 nitrogen and oxygen atoms in total. The van der Waals surface area contributed by atoms with E-state index in [-0.39, 0.29) is 11.5 Å². The van der Waals surface area contributed by atoms with Crippen LogP contribution < -0.4 is 11.1 Å². The number of carbonyl (C=O) groups excluding carboxylic acids is 1. The van der Waals surface area contributed by atoms with Crippen molar-refractivity contribution in [1.29, 1.82) is 0 Å². The number of hydrogen-bond donors (Lipinski definition) is 2. The first-order chi connectivity index (χ1) is 9.52. The smallest absolute Gasteiger partial charge is 0.269 e. The Bertz CT molecular complexity index is 622. The third-order valence-electron chi connectivity index (χ3n) is 2.57. The maximum atomic E-state index is 13.7. The van der Waals surface area contributed by atoms with Gasteiger partial charge in [0.25, 0.3) is 5.91 Å². The fraction of sp³-hybridized carbons (Fsp3) is 0.231. The van der Waals surface area contributed by atoms with E-state index in [4.69, 9.17) is 5.73 Å². The highest BCUT2D eigenvalue weighted by Gasteiger charge is 2.18. The molecule has 2 aromatic rings. The molecule has 7 heteroatoms. The SMILES string of the molecule is CCSc1nc(N)c(C(=O)Nc2c(C)cccc2F)s1. The van der Waals surface area contributed by atoms with Crippen molar-refractivity contribution in [1.82, 2.24) is 4.98 Å². The standard InChI is InChI=1S/C13H14FN3OS2/c1-3-19-13-17-11(15)10(20-13)12(18)16-9-7(2)5-4-6-8(9)14/h4-6H,3,15H2,1-2H3,(H,16,18). The number of halogens is 1. The van der Waals surface area contributed by atoms with E-state index in [1.54, 1.807) is 19.1 Å². The van der Waals surface area contributed by atoms with Gasteiger partial charge in [-0.05, 0) is 24.3 Å². The Hall–Kier alpha value is -1.60. The minimum Gasteiger partial charge on any atom is -0.382 e. The average Bonchev–Trinajstić information content (AvgIpc) is 2.75. The molecule has 1 amide bonds. The van der Waals surface area contributed by atoms with Crippen LogP contribution in [0.3, 0.4) is 0 Å². The van der Waals surface area contributed by atoms with Crippen molar-refractivity contribution in [3.05, 3.63) is 34.5 Å². The largest absolute Gasteiger partial charge is 0.382 e. The summed E-state index contributed by atoms with van der Waals surface area (Å²) in [6.45, 7) is 3.72. The molecule has 0 aliphatic heterocycles. The van der Waals surface area contributed by atoms with Crippen LogP contribution in [0, 0.1) is 12.7 Å². The Labute approximate surface area is 124 Å². The molecule has 0 saturated heterocycles. The summed E-state index contributed by atoms with van der Waals surface area (Å²) in [5, 5.41) is 2.56. The molecule has 0 saturated carbocycles. The lowest BCUT2D eigenvalue weighted by atomic mass is 10.2. The molecule has 1 aromatic carbocycles. The van der Waals surface area contributed by atoms with Gasteiger partial charge in [0.2, 0.25) is 0 Å². The van der Waals surface area contributed by atoms with E-state index >= 15 is 0 Å². The van der Waals surface area contributed by atoms with E-state index in [1.165, 1.54) is 29.2 Å². The molecule has 3 N–H and O–H groups in total. The number of amides is 1. The van der Waals surface area contributed by atoms with Gasteiger partial charge >= 0.3 is 0 Å². The van der Waals surface area contributed by atoms with Crippen LogP contribution in [0.2, 0.25) is 0 Å². The number of nitrogens with one attached hydrogen (secondary N) is 1. The van der Waals surface area contributed by atoms with Gasteiger partial charge in [-0.25, -0.2) is 9.37 Å². The molecule has 0 fully saturated rings. The second-order valence-corrected chi connectivity index (χ2v) is 6.52. The predicted octanol–water partition coefficient (Wildman–Crippen LogP) is 3.54. The van der Waals surface area contributed by atoms with Crippen LogP contribution >= 0.6 is 23.1 Å². The van der Waals surface area contributed by atoms with Gasteiger partial charge in [-0.15, -0.1) is 11.3 Å². The van der Waals surface area contributed by atoms with Crippen molar-refractivity contribution in [3.8, 4) is 0 Å². The maximum Gasteiger partial charge on any atom is 0.269 e. The molecule has 2 rings (SSSR count). The fourth-order valence-corrected chi connectivity index (χ4v) is 3.48. The quantitative estimate of drug-likeness (QED) is 0.848. The summed E-state index contributed by atoms with van der Waals surface area (Å²) in [6, 6.07) is 4.63. The number of nitrogens with zero attached hydrogens (tertiary/aromatic N) is 1. The number of thiazole rings is 1. The van der Waals surface area contributed by atoms with E-state index in [2.05, 4.69) is 10.3 Å². The number of hydrogen-bond acceptors (Lipinski definition) is 5. The maximum absolute atomic E-state index is 13.7. The number of para-hydroxylation sites is 1. The number of anilines is 2. The second-order valence-electron chi connectivity index (χ2n) is 4.01. The number of benzene rings is 1. The van der Waals surface area contributed by atoms with Gasteiger partial charge in [-0.2, -0.15) is 0 Å². The first-order valence-electron chi connectivity index (χ1n) is 5.98. The van der Waals surface area contributed by atoms with Crippen molar-refractivity contribution < 1.29 is 9.18 Å². The highest BCUT2D eigenvalue weighted by Crippen LogP contribution is 2.30. The molecule has 0 radical (unpaired) electrons. The molecular formula is C13H14FN3OS2. The Kier molecular flexibility index (Phi) is 4.61. The Morgan fingerprint density at radius 1 is 1.55 bits per heavy atom. The third-order valence-corrected chi connectivity index (χ3v) is 4.66. The van der Waals surface area contributed by atoms with Crippen LogP contribution in [0.25, 0.3) is 0 Å². The molecular weight excluding hydrogens is 297 g/mol. The van der Waals surface area contributed by atoms with E-state index in [0.29, 0.717) is 10.4 Å². The van der Waals surface area contributed by atoms with Crippen molar-refractivity contribution in [2.24, 2.45) is 0 Å². The van der Waals surface area contributed by atoms with Gasteiger partial charge in [0.1, 0.15) is 16.5 Å². The van der Waals surface area contributed by atoms with Crippen LogP contribution in [-0.2, 0) is 0 Å². The number of aromatic nitrogens is 1.